The van der Waals surface area contributed by atoms with Gasteiger partial charge in [-0.2, -0.15) is 0 Å². The molecule has 1 aliphatic carbocycles. The van der Waals surface area contributed by atoms with Crippen LogP contribution in [0.5, 0.6) is 0 Å². The average molecular weight is 229 g/mol. The average Bonchev–Trinajstić information content (AvgIpc) is 2.99. The van der Waals surface area contributed by atoms with Crippen LogP contribution in [0.1, 0.15) is 26.7 Å². The van der Waals surface area contributed by atoms with Gasteiger partial charge < -0.3 is 14.7 Å². The van der Waals surface area contributed by atoms with E-state index in [0.29, 0.717) is 12.5 Å². The molecular weight excluding hydrogens is 210 g/mol. The summed E-state index contributed by atoms with van der Waals surface area (Å²) in [5.41, 5.74) is -0.954. The molecule has 0 aliphatic heterocycles. The van der Waals surface area contributed by atoms with Gasteiger partial charge in [0.25, 0.3) is 5.91 Å². The minimum Gasteiger partial charge on any atom is -0.480 e. The first-order valence-corrected chi connectivity index (χ1v) is 5.43. The highest BCUT2D eigenvalue weighted by atomic mass is 16.5. The highest BCUT2D eigenvalue weighted by Crippen LogP contribution is 2.30. The van der Waals surface area contributed by atoms with Gasteiger partial charge >= 0.3 is 5.97 Å². The molecule has 5 nitrogen and oxygen atoms in total. The molecule has 0 aromatic carbocycles. The predicted molar refractivity (Wildman–Crippen MR) is 58.0 cm³/mol. The van der Waals surface area contributed by atoms with E-state index < -0.39 is 11.6 Å². The van der Waals surface area contributed by atoms with Crippen LogP contribution in [-0.2, 0) is 14.3 Å². The van der Waals surface area contributed by atoms with Crippen molar-refractivity contribution in [1.82, 2.24) is 4.90 Å². The van der Waals surface area contributed by atoms with E-state index in [9.17, 15) is 9.59 Å². The number of carbonyl (C=O) groups excluding carboxylic acids is 1. The summed E-state index contributed by atoms with van der Waals surface area (Å²) >= 11 is 0. The lowest BCUT2D eigenvalue weighted by Gasteiger charge is -2.29. The highest BCUT2D eigenvalue weighted by Gasteiger charge is 2.35. The number of hydrogen-bond donors (Lipinski definition) is 1. The maximum absolute atomic E-state index is 12.0. The zero-order chi connectivity index (χ0) is 12.3. The largest absolute Gasteiger partial charge is 0.480 e. The predicted octanol–water partition coefficient (Wildman–Crippen LogP) is 0.735. The van der Waals surface area contributed by atoms with Gasteiger partial charge in [0.1, 0.15) is 12.1 Å². The quantitative estimate of drug-likeness (QED) is 0.729. The third-order valence-corrected chi connectivity index (χ3v) is 2.81. The van der Waals surface area contributed by atoms with Gasteiger partial charge in [0, 0.05) is 13.7 Å². The number of rotatable bonds is 6. The maximum atomic E-state index is 12.0. The second kappa shape index (κ2) is 4.82. The van der Waals surface area contributed by atoms with Crippen LogP contribution in [0.25, 0.3) is 0 Å². The molecule has 0 atom stereocenters. The standard InChI is InChI=1S/C11H19NO4/c1-11(2,16-3)10(15)12(7-9(13)14)6-8-4-5-8/h8H,4-7H2,1-3H3,(H,13,14). The Morgan fingerprint density at radius 2 is 2.00 bits per heavy atom. The Bertz CT molecular complexity index is 284. The van der Waals surface area contributed by atoms with Gasteiger partial charge in [-0.05, 0) is 32.6 Å². The highest BCUT2D eigenvalue weighted by molar-refractivity contribution is 5.87. The molecule has 16 heavy (non-hydrogen) atoms. The summed E-state index contributed by atoms with van der Waals surface area (Å²) in [6, 6.07) is 0. The zero-order valence-electron chi connectivity index (χ0n) is 10.0. The minimum absolute atomic E-state index is 0.248. The second-order valence-corrected chi connectivity index (χ2v) is 4.74. The molecule has 0 saturated heterocycles. The van der Waals surface area contributed by atoms with E-state index in [1.54, 1.807) is 13.8 Å². The molecule has 1 fully saturated rings. The zero-order valence-corrected chi connectivity index (χ0v) is 10.0. The van der Waals surface area contributed by atoms with E-state index in [0.717, 1.165) is 12.8 Å². The van der Waals surface area contributed by atoms with Crippen molar-refractivity contribution in [2.45, 2.75) is 32.3 Å². The lowest BCUT2D eigenvalue weighted by atomic mass is 10.1. The van der Waals surface area contributed by atoms with Gasteiger partial charge in [-0.25, -0.2) is 0 Å². The minimum atomic E-state index is -0.985. The third-order valence-electron chi connectivity index (χ3n) is 2.81. The van der Waals surface area contributed by atoms with Crippen molar-refractivity contribution in [1.29, 1.82) is 0 Å². The van der Waals surface area contributed by atoms with Crippen molar-refractivity contribution in [2.24, 2.45) is 5.92 Å². The van der Waals surface area contributed by atoms with Crippen LogP contribution in [0, 0.1) is 5.92 Å². The number of aliphatic carboxylic acids is 1. The van der Waals surface area contributed by atoms with Crippen LogP contribution in [-0.4, -0.2) is 47.7 Å². The Labute approximate surface area is 95.4 Å². The molecule has 0 unspecified atom stereocenters. The number of nitrogens with zero attached hydrogens (tertiary/aromatic N) is 1. The molecule has 1 amide bonds. The van der Waals surface area contributed by atoms with Crippen molar-refractivity contribution in [3.63, 3.8) is 0 Å². The molecule has 0 bridgehead atoms. The number of amides is 1. The molecule has 1 N–H and O–H groups in total. The Balaban J connectivity index is 2.65. The number of carboxylic acid groups (broad SMARTS) is 1. The van der Waals surface area contributed by atoms with Gasteiger partial charge in [-0.3, -0.25) is 9.59 Å². The molecule has 0 spiro atoms. The normalized spacial score (nSPS) is 15.9. The fraction of sp³-hybridized carbons (Fsp3) is 0.818. The van der Waals surface area contributed by atoms with Crippen molar-refractivity contribution in [3.8, 4) is 0 Å². The van der Waals surface area contributed by atoms with E-state index in [1.165, 1.54) is 12.0 Å². The fourth-order valence-corrected chi connectivity index (χ4v) is 1.46. The van der Waals surface area contributed by atoms with Crippen molar-refractivity contribution in [2.75, 3.05) is 20.2 Å². The van der Waals surface area contributed by atoms with Crippen LogP contribution < -0.4 is 0 Å². The van der Waals surface area contributed by atoms with Crippen LogP contribution in [0.3, 0.4) is 0 Å². The van der Waals surface area contributed by atoms with Crippen LogP contribution in [0.4, 0.5) is 0 Å². The van der Waals surface area contributed by atoms with Crippen LogP contribution in [0.15, 0.2) is 0 Å². The molecule has 1 aliphatic rings. The number of carboxylic acids is 1. The molecule has 1 rings (SSSR count). The summed E-state index contributed by atoms with van der Waals surface area (Å²) in [5, 5.41) is 8.77. The summed E-state index contributed by atoms with van der Waals surface area (Å²) in [4.78, 5) is 24.1. The van der Waals surface area contributed by atoms with Crippen molar-refractivity contribution in [3.05, 3.63) is 0 Å². The summed E-state index contributed by atoms with van der Waals surface area (Å²) in [6.45, 7) is 3.58. The Kier molecular flexibility index (Phi) is 3.91. The Morgan fingerprint density at radius 1 is 1.44 bits per heavy atom. The molecule has 5 heteroatoms. The molecule has 92 valence electrons. The molecule has 0 aromatic rings. The van der Waals surface area contributed by atoms with E-state index in [2.05, 4.69) is 0 Å². The molecule has 0 radical (unpaired) electrons. The summed E-state index contributed by atoms with van der Waals surface area (Å²) in [7, 11) is 1.45. The molecule has 0 aromatic heterocycles. The van der Waals surface area contributed by atoms with E-state index in [4.69, 9.17) is 9.84 Å². The van der Waals surface area contributed by atoms with Gasteiger partial charge in [-0.1, -0.05) is 0 Å². The smallest absolute Gasteiger partial charge is 0.323 e. The Hall–Kier alpha value is -1.10. The van der Waals surface area contributed by atoms with Gasteiger partial charge in [0.2, 0.25) is 0 Å². The van der Waals surface area contributed by atoms with E-state index in [1.807, 2.05) is 0 Å². The first-order chi connectivity index (χ1) is 7.36. The topological polar surface area (TPSA) is 66.8 Å². The SMILES string of the molecule is COC(C)(C)C(=O)N(CC(=O)O)CC1CC1. The van der Waals surface area contributed by atoms with Gasteiger partial charge in [0.15, 0.2) is 0 Å². The first kappa shape index (κ1) is 13.0. The van der Waals surface area contributed by atoms with Crippen molar-refractivity contribution >= 4 is 11.9 Å². The van der Waals surface area contributed by atoms with Gasteiger partial charge in [-0.15, -0.1) is 0 Å². The second-order valence-electron chi connectivity index (χ2n) is 4.74. The van der Waals surface area contributed by atoms with E-state index in [-0.39, 0.29) is 12.5 Å². The first-order valence-electron chi connectivity index (χ1n) is 5.43. The third kappa shape index (κ3) is 3.48. The van der Waals surface area contributed by atoms with E-state index >= 15 is 0 Å². The maximum Gasteiger partial charge on any atom is 0.323 e. The fourth-order valence-electron chi connectivity index (χ4n) is 1.46. The molecule has 0 heterocycles. The lowest BCUT2D eigenvalue weighted by molar-refractivity contribution is -0.156. The number of carbonyl (C=O) groups is 2. The number of ether oxygens (including phenoxy) is 1. The molecular formula is C11H19NO4. The summed E-state index contributed by atoms with van der Waals surface area (Å²) in [5.74, 6) is -0.777. The van der Waals surface area contributed by atoms with Gasteiger partial charge in [0.05, 0.1) is 0 Å². The Morgan fingerprint density at radius 3 is 2.38 bits per heavy atom. The van der Waals surface area contributed by atoms with Crippen LogP contribution >= 0.6 is 0 Å². The number of hydrogen-bond acceptors (Lipinski definition) is 3. The number of methoxy groups -OCH3 is 1. The van der Waals surface area contributed by atoms with Crippen LogP contribution in [0.2, 0.25) is 0 Å². The van der Waals surface area contributed by atoms with Crippen molar-refractivity contribution < 1.29 is 19.4 Å². The summed E-state index contributed by atoms with van der Waals surface area (Å²) in [6.07, 6.45) is 2.16. The monoisotopic (exact) mass is 229 g/mol. The summed E-state index contributed by atoms with van der Waals surface area (Å²) < 4.78 is 5.08. The lowest BCUT2D eigenvalue weighted by Crippen LogP contribution is -2.49. The molecule has 1 saturated carbocycles.